The number of likely N-dealkylation sites (tertiary alicyclic amines) is 1. The van der Waals surface area contributed by atoms with Gasteiger partial charge in [0, 0.05) is 13.0 Å². The minimum Gasteiger partial charge on any atom is -0.320 e. The van der Waals surface area contributed by atoms with Gasteiger partial charge in [0.25, 0.3) is 0 Å². The SMILES string of the molecule is C[C@]1(C#N)CCC(=O)N1Cc1ccccc1. The van der Waals surface area contributed by atoms with E-state index in [2.05, 4.69) is 6.07 Å². The number of amides is 1. The first-order valence-corrected chi connectivity index (χ1v) is 5.41. The number of rotatable bonds is 2. The van der Waals surface area contributed by atoms with Crippen molar-refractivity contribution in [2.75, 3.05) is 0 Å². The zero-order valence-corrected chi connectivity index (χ0v) is 9.31. The van der Waals surface area contributed by atoms with Crippen LogP contribution in [0.4, 0.5) is 0 Å². The highest BCUT2D eigenvalue weighted by atomic mass is 16.2. The van der Waals surface area contributed by atoms with Gasteiger partial charge >= 0.3 is 0 Å². The van der Waals surface area contributed by atoms with E-state index in [4.69, 9.17) is 5.26 Å². The third-order valence-electron chi connectivity index (χ3n) is 3.15. The number of hydrogen-bond donors (Lipinski definition) is 0. The summed E-state index contributed by atoms with van der Waals surface area (Å²) in [6.07, 6.45) is 1.12. The van der Waals surface area contributed by atoms with Crippen LogP contribution in [0.1, 0.15) is 25.3 Å². The summed E-state index contributed by atoms with van der Waals surface area (Å²) >= 11 is 0. The van der Waals surface area contributed by atoms with Gasteiger partial charge in [0.1, 0.15) is 5.54 Å². The zero-order valence-electron chi connectivity index (χ0n) is 9.31. The molecule has 0 radical (unpaired) electrons. The molecule has 0 aromatic heterocycles. The van der Waals surface area contributed by atoms with E-state index in [9.17, 15) is 4.79 Å². The molecule has 16 heavy (non-hydrogen) atoms. The molecule has 0 saturated carbocycles. The summed E-state index contributed by atoms with van der Waals surface area (Å²) in [5, 5.41) is 9.15. The third kappa shape index (κ3) is 1.79. The van der Waals surface area contributed by atoms with Crippen molar-refractivity contribution >= 4 is 5.91 Å². The van der Waals surface area contributed by atoms with Crippen LogP contribution >= 0.6 is 0 Å². The molecule has 1 saturated heterocycles. The Balaban J connectivity index is 2.21. The van der Waals surface area contributed by atoms with Gasteiger partial charge in [-0.3, -0.25) is 4.79 Å². The average molecular weight is 214 g/mol. The number of benzene rings is 1. The summed E-state index contributed by atoms with van der Waals surface area (Å²) in [5.41, 5.74) is 0.437. The van der Waals surface area contributed by atoms with Crippen LogP contribution in [0.5, 0.6) is 0 Å². The van der Waals surface area contributed by atoms with Gasteiger partial charge in [-0.2, -0.15) is 5.26 Å². The summed E-state index contributed by atoms with van der Waals surface area (Å²) in [5.74, 6) is 0.0768. The highest BCUT2D eigenvalue weighted by molar-refractivity contribution is 5.80. The van der Waals surface area contributed by atoms with Gasteiger partial charge in [0.2, 0.25) is 5.91 Å². The molecule has 1 heterocycles. The standard InChI is InChI=1S/C13H14N2O/c1-13(10-14)8-7-12(16)15(13)9-11-5-3-2-4-6-11/h2-6H,7-9H2,1H3/t13-/m1/s1. The van der Waals surface area contributed by atoms with Gasteiger partial charge in [-0.15, -0.1) is 0 Å². The molecule has 3 heteroatoms. The first-order chi connectivity index (χ1) is 7.65. The Morgan fingerprint density at radius 1 is 1.44 bits per heavy atom. The maximum atomic E-state index is 11.7. The molecule has 82 valence electrons. The van der Waals surface area contributed by atoms with E-state index >= 15 is 0 Å². The molecule has 0 bridgehead atoms. The fourth-order valence-corrected chi connectivity index (χ4v) is 2.04. The molecule has 0 unspecified atom stereocenters. The highest BCUT2D eigenvalue weighted by Gasteiger charge is 2.41. The van der Waals surface area contributed by atoms with Crippen LogP contribution < -0.4 is 0 Å². The van der Waals surface area contributed by atoms with Crippen molar-refractivity contribution in [1.82, 2.24) is 4.90 Å². The van der Waals surface area contributed by atoms with Crippen molar-refractivity contribution in [1.29, 1.82) is 5.26 Å². The highest BCUT2D eigenvalue weighted by Crippen LogP contribution is 2.30. The smallest absolute Gasteiger partial charge is 0.224 e. The van der Waals surface area contributed by atoms with Crippen LogP contribution in [0.3, 0.4) is 0 Å². The van der Waals surface area contributed by atoms with Gasteiger partial charge in [0.15, 0.2) is 0 Å². The van der Waals surface area contributed by atoms with Gasteiger partial charge in [-0.1, -0.05) is 30.3 Å². The minimum absolute atomic E-state index is 0.0768. The van der Waals surface area contributed by atoms with Crippen molar-refractivity contribution in [3.05, 3.63) is 35.9 Å². The number of carbonyl (C=O) groups is 1. The largest absolute Gasteiger partial charge is 0.320 e. The molecule has 0 spiro atoms. The molecule has 0 aliphatic carbocycles. The Kier molecular flexibility index (Phi) is 2.66. The van der Waals surface area contributed by atoms with Gasteiger partial charge in [-0.05, 0) is 18.9 Å². The summed E-state index contributed by atoms with van der Waals surface area (Å²) in [4.78, 5) is 13.4. The lowest BCUT2D eigenvalue weighted by Crippen LogP contribution is -2.41. The van der Waals surface area contributed by atoms with Crippen molar-refractivity contribution in [2.45, 2.75) is 31.8 Å². The Morgan fingerprint density at radius 3 is 2.75 bits per heavy atom. The number of hydrogen-bond acceptors (Lipinski definition) is 2. The van der Waals surface area contributed by atoms with E-state index in [1.807, 2.05) is 37.3 Å². The first-order valence-electron chi connectivity index (χ1n) is 5.41. The fraction of sp³-hybridized carbons (Fsp3) is 0.385. The summed E-state index contributed by atoms with van der Waals surface area (Å²) < 4.78 is 0. The maximum absolute atomic E-state index is 11.7. The maximum Gasteiger partial charge on any atom is 0.224 e. The fourth-order valence-electron chi connectivity index (χ4n) is 2.04. The van der Waals surface area contributed by atoms with Gasteiger partial charge < -0.3 is 4.90 Å². The molecule has 1 aromatic rings. The normalized spacial score (nSPS) is 24.5. The Hall–Kier alpha value is -1.82. The quantitative estimate of drug-likeness (QED) is 0.756. The van der Waals surface area contributed by atoms with Crippen molar-refractivity contribution in [3.8, 4) is 6.07 Å². The lowest BCUT2D eigenvalue weighted by molar-refractivity contribution is -0.130. The lowest BCUT2D eigenvalue weighted by Gasteiger charge is -2.28. The predicted molar refractivity (Wildman–Crippen MR) is 60.2 cm³/mol. The second-order valence-corrected chi connectivity index (χ2v) is 4.35. The van der Waals surface area contributed by atoms with Gasteiger partial charge in [0.05, 0.1) is 6.07 Å². The van der Waals surface area contributed by atoms with Crippen molar-refractivity contribution in [3.63, 3.8) is 0 Å². The average Bonchev–Trinajstić information content (AvgIpc) is 2.60. The van der Waals surface area contributed by atoms with E-state index in [-0.39, 0.29) is 5.91 Å². The summed E-state index contributed by atoms with van der Waals surface area (Å²) in [6.45, 7) is 2.37. The molecule has 1 aliphatic rings. The van der Waals surface area contributed by atoms with E-state index < -0.39 is 5.54 Å². The molecule has 1 amide bonds. The van der Waals surface area contributed by atoms with E-state index in [1.165, 1.54) is 0 Å². The molecule has 1 fully saturated rings. The zero-order chi connectivity index (χ0) is 11.6. The van der Waals surface area contributed by atoms with Crippen LogP contribution in [0, 0.1) is 11.3 Å². The van der Waals surface area contributed by atoms with E-state index in [0.717, 1.165) is 5.56 Å². The predicted octanol–water partition coefficient (Wildman–Crippen LogP) is 2.09. The van der Waals surface area contributed by atoms with Crippen LogP contribution in [0.25, 0.3) is 0 Å². The second-order valence-electron chi connectivity index (χ2n) is 4.35. The third-order valence-corrected chi connectivity index (χ3v) is 3.15. The molecule has 1 aromatic carbocycles. The summed E-state index contributed by atoms with van der Waals surface area (Å²) in [7, 11) is 0. The topological polar surface area (TPSA) is 44.1 Å². The van der Waals surface area contributed by atoms with E-state index in [0.29, 0.717) is 19.4 Å². The lowest BCUT2D eigenvalue weighted by atomic mass is 10.0. The van der Waals surface area contributed by atoms with E-state index in [1.54, 1.807) is 4.90 Å². The van der Waals surface area contributed by atoms with Crippen LogP contribution in [-0.4, -0.2) is 16.3 Å². The Labute approximate surface area is 95.3 Å². The second kappa shape index (κ2) is 3.97. The first kappa shape index (κ1) is 10.7. The molecule has 1 aliphatic heterocycles. The Bertz CT molecular complexity index is 435. The molecular formula is C13H14N2O. The number of nitriles is 1. The molecule has 3 nitrogen and oxygen atoms in total. The van der Waals surface area contributed by atoms with Crippen LogP contribution in [0.2, 0.25) is 0 Å². The van der Waals surface area contributed by atoms with Crippen molar-refractivity contribution in [2.24, 2.45) is 0 Å². The molecule has 0 N–H and O–H groups in total. The molecule has 2 rings (SSSR count). The monoisotopic (exact) mass is 214 g/mol. The van der Waals surface area contributed by atoms with Crippen LogP contribution in [0.15, 0.2) is 30.3 Å². The van der Waals surface area contributed by atoms with Crippen LogP contribution in [-0.2, 0) is 11.3 Å². The van der Waals surface area contributed by atoms with Gasteiger partial charge in [-0.25, -0.2) is 0 Å². The van der Waals surface area contributed by atoms with Crippen molar-refractivity contribution < 1.29 is 4.79 Å². The number of carbonyl (C=O) groups excluding carboxylic acids is 1. The summed E-state index contributed by atoms with van der Waals surface area (Å²) in [6, 6.07) is 12.0. The molecule has 1 atom stereocenters. The Morgan fingerprint density at radius 2 is 2.12 bits per heavy atom. The minimum atomic E-state index is -0.632. The molecular weight excluding hydrogens is 200 g/mol. The number of nitrogens with zero attached hydrogens (tertiary/aromatic N) is 2.